The van der Waals surface area contributed by atoms with Crippen molar-refractivity contribution in [2.24, 2.45) is 5.92 Å². The van der Waals surface area contributed by atoms with Gasteiger partial charge in [0, 0.05) is 6.04 Å². The van der Waals surface area contributed by atoms with Crippen molar-refractivity contribution in [3.05, 3.63) is 35.4 Å². The van der Waals surface area contributed by atoms with E-state index in [1.807, 2.05) is 13.0 Å². The monoisotopic (exact) mass is 307 g/mol. The molecule has 1 fully saturated rings. The maximum atomic E-state index is 12.2. The third-order valence-corrected chi connectivity index (χ3v) is 5.26. The van der Waals surface area contributed by atoms with Crippen molar-refractivity contribution < 1.29 is 8.42 Å². The van der Waals surface area contributed by atoms with Gasteiger partial charge in [-0.1, -0.05) is 12.1 Å². The van der Waals surface area contributed by atoms with E-state index in [9.17, 15) is 8.42 Å². The van der Waals surface area contributed by atoms with Crippen LogP contribution in [-0.2, 0) is 15.8 Å². The topological polar surface area (TPSA) is 82.0 Å². The molecule has 0 bridgehead atoms. The average Bonchev–Trinajstić information content (AvgIpc) is 2.47. The Kier molecular flexibility index (Phi) is 5.34. The van der Waals surface area contributed by atoms with E-state index in [0.717, 1.165) is 25.9 Å². The molecule has 21 heavy (non-hydrogen) atoms. The first-order chi connectivity index (χ1) is 10.00. The Hall–Kier alpha value is -1.42. The molecule has 0 saturated carbocycles. The molecule has 0 aliphatic carbocycles. The summed E-state index contributed by atoms with van der Waals surface area (Å²) in [4.78, 5) is 0. The predicted molar refractivity (Wildman–Crippen MR) is 82.0 cm³/mol. The van der Waals surface area contributed by atoms with Crippen LogP contribution in [0.1, 0.15) is 30.9 Å². The summed E-state index contributed by atoms with van der Waals surface area (Å²) in [5.41, 5.74) is 1.11. The summed E-state index contributed by atoms with van der Waals surface area (Å²) in [6.45, 7) is 3.78. The molecular weight excluding hydrogens is 286 g/mol. The van der Waals surface area contributed by atoms with Gasteiger partial charge in [-0.05, 0) is 56.5 Å². The van der Waals surface area contributed by atoms with Crippen molar-refractivity contribution in [1.29, 1.82) is 5.26 Å². The van der Waals surface area contributed by atoms with E-state index in [4.69, 9.17) is 5.26 Å². The highest BCUT2D eigenvalue weighted by Crippen LogP contribution is 2.16. The fourth-order valence-corrected chi connectivity index (χ4v) is 4.14. The lowest BCUT2D eigenvalue weighted by Crippen LogP contribution is -2.44. The lowest BCUT2D eigenvalue weighted by molar-refractivity contribution is 0.320. The molecule has 114 valence electrons. The zero-order chi connectivity index (χ0) is 15.3. The molecule has 0 aromatic heterocycles. The van der Waals surface area contributed by atoms with Gasteiger partial charge in [-0.2, -0.15) is 5.26 Å². The smallest absolute Gasteiger partial charge is 0.216 e. The highest BCUT2D eigenvalue weighted by atomic mass is 32.2. The summed E-state index contributed by atoms with van der Waals surface area (Å²) in [7, 11) is -3.40. The Morgan fingerprint density at radius 1 is 1.52 bits per heavy atom. The summed E-state index contributed by atoms with van der Waals surface area (Å²) in [5, 5.41) is 12.1. The van der Waals surface area contributed by atoms with Gasteiger partial charge in [-0.3, -0.25) is 0 Å². The first kappa shape index (κ1) is 16.0. The van der Waals surface area contributed by atoms with Crippen LogP contribution >= 0.6 is 0 Å². The van der Waals surface area contributed by atoms with Crippen molar-refractivity contribution in [3.8, 4) is 6.07 Å². The molecule has 2 N–H and O–H groups in total. The second kappa shape index (κ2) is 7.03. The van der Waals surface area contributed by atoms with Crippen molar-refractivity contribution >= 4 is 10.0 Å². The molecule has 1 heterocycles. The number of benzene rings is 1. The fourth-order valence-electron chi connectivity index (χ4n) is 2.68. The van der Waals surface area contributed by atoms with Crippen LogP contribution in [0, 0.1) is 17.2 Å². The normalized spacial score (nSPS) is 20.7. The minimum atomic E-state index is -3.40. The molecule has 1 aromatic carbocycles. The summed E-state index contributed by atoms with van der Waals surface area (Å²) in [6.07, 6.45) is 2.13. The van der Waals surface area contributed by atoms with Crippen molar-refractivity contribution in [3.63, 3.8) is 0 Å². The second-order valence-corrected chi connectivity index (χ2v) is 7.34. The average molecular weight is 307 g/mol. The molecule has 0 spiro atoms. The predicted octanol–water partition coefficient (Wildman–Crippen LogP) is 1.37. The van der Waals surface area contributed by atoms with Gasteiger partial charge in [0.1, 0.15) is 0 Å². The molecule has 0 amide bonds. The molecule has 1 aliphatic rings. The highest BCUT2D eigenvalue weighted by Gasteiger charge is 2.24. The highest BCUT2D eigenvalue weighted by molar-refractivity contribution is 7.88. The van der Waals surface area contributed by atoms with E-state index in [1.165, 1.54) is 0 Å². The van der Waals surface area contributed by atoms with E-state index in [-0.39, 0.29) is 11.8 Å². The molecule has 0 radical (unpaired) electrons. The third kappa shape index (κ3) is 4.81. The number of hydrogen-bond donors (Lipinski definition) is 2. The van der Waals surface area contributed by atoms with Crippen LogP contribution in [0.2, 0.25) is 0 Å². The Morgan fingerprint density at radius 3 is 3.00 bits per heavy atom. The number of hydrogen-bond acceptors (Lipinski definition) is 4. The SMILES string of the molecule is CC(NS(=O)(=O)Cc1cccc(C#N)c1)C1CCCNC1. The molecule has 1 aliphatic heterocycles. The summed E-state index contributed by atoms with van der Waals surface area (Å²) >= 11 is 0. The van der Waals surface area contributed by atoms with Gasteiger partial charge in [0.25, 0.3) is 0 Å². The molecular formula is C15H21N3O2S. The molecule has 1 aromatic rings. The summed E-state index contributed by atoms with van der Waals surface area (Å²) < 4.78 is 27.2. The van der Waals surface area contributed by atoms with Crippen LogP contribution in [0.4, 0.5) is 0 Å². The van der Waals surface area contributed by atoms with Crippen LogP contribution < -0.4 is 10.0 Å². The first-order valence-electron chi connectivity index (χ1n) is 7.20. The Balaban J connectivity index is 1.99. The molecule has 1 saturated heterocycles. The number of nitrogens with one attached hydrogen (secondary N) is 2. The summed E-state index contributed by atoms with van der Waals surface area (Å²) in [5.74, 6) is 0.242. The number of nitrogens with zero attached hydrogens (tertiary/aromatic N) is 1. The zero-order valence-corrected chi connectivity index (χ0v) is 13.0. The standard InChI is InChI=1S/C15H21N3O2S/c1-12(15-6-3-7-17-10-15)18-21(19,20)11-14-5-2-4-13(8-14)9-16/h2,4-5,8,12,15,17-18H,3,6-7,10-11H2,1H3. The lowest BCUT2D eigenvalue weighted by Gasteiger charge is -2.28. The van der Waals surface area contributed by atoms with Gasteiger partial charge in [0.2, 0.25) is 10.0 Å². The lowest BCUT2D eigenvalue weighted by atomic mass is 9.94. The number of sulfonamides is 1. The van der Waals surface area contributed by atoms with E-state index >= 15 is 0 Å². The van der Waals surface area contributed by atoms with Crippen molar-refractivity contribution in [2.75, 3.05) is 13.1 Å². The van der Waals surface area contributed by atoms with Gasteiger partial charge in [-0.15, -0.1) is 0 Å². The maximum absolute atomic E-state index is 12.2. The van der Waals surface area contributed by atoms with Crippen LogP contribution in [0.15, 0.2) is 24.3 Å². The van der Waals surface area contributed by atoms with Crippen LogP contribution in [0.25, 0.3) is 0 Å². The minimum Gasteiger partial charge on any atom is -0.316 e. The zero-order valence-electron chi connectivity index (χ0n) is 12.2. The van der Waals surface area contributed by atoms with Crippen molar-refractivity contribution in [2.45, 2.75) is 31.6 Å². The largest absolute Gasteiger partial charge is 0.316 e. The fraction of sp³-hybridized carbons (Fsp3) is 0.533. The van der Waals surface area contributed by atoms with Gasteiger partial charge in [0.15, 0.2) is 0 Å². The Labute approximate surface area is 126 Å². The van der Waals surface area contributed by atoms with Crippen LogP contribution in [-0.4, -0.2) is 27.5 Å². The molecule has 5 nitrogen and oxygen atoms in total. The number of rotatable bonds is 5. The Morgan fingerprint density at radius 2 is 2.33 bits per heavy atom. The van der Waals surface area contributed by atoms with Crippen molar-refractivity contribution in [1.82, 2.24) is 10.0 Å². The molecule has 2 atom stereocenters. The van der Waals surface area contributed by atoms with E-state index < -0.39 is 10.0 Å². The van der Waals surface area contributed by atoms with E-state index in [2.05, 4.69) is 10.0 Å². The van der Waals surface area contributed by atoms with E-state index in [0.29, 0.717) is 17.0 Å². The van der Waals surface area contributed by atoms with Crippen LogP contribution in [0.3, 0.4) is 0 Å². The second-order valence-electron chi connectivity index (χ2n) is 5.58. The van der Waals surface area contributed by atoms with Gasteiger partial charge >= 0.3 is 0 Å². The minimum absolute atomic E-state index is 0.0815. The Bertz CT molecular complexity index is 616. The molecule has 6 heteroatoms. The number of nitriles is 1. The molecule has 2 rings (SSSR count). The van der Waals surface area contributed by atoms with Gasteiger partial charge in [0.05, 0.1) is 17.4 Å². The van der Waals surface area contributed by atoms with Gasteiger partial charge < -0.3 is 5.32 Å². The third-order valence-electron chi connectivity index (χ3n) is 3.82. The van der Waals surface area contributed by atoms with Gasteiger partial charge in [-0.25, -0.2) is 13.1 Å². The maximum Gasteiger partial charge on any atom is 0.216 e. The first-order valence-corrected chi connectivity index (χ1v) is 8.85. The summed E-state index contributed by atoms with van der Waals surface area (Å²) in [6, 6.07) is 8.66. The number of piperidine rings is 1. The molecule has 2 unspecified atom stereocenters. The van der Waals surface area contributed by atoms with Crippen LogP contribution in [0.5, 0.6) is 0 Å². The van der Waals surface area contributed by atoms with E-state index in [1.54, 1.807) is 24.3 Å². The quantitative estimate of drug-likeness (QED) is 0.860.